The minimum Gasteiger partial charge on any atom is -0.222 e. The molecule has 1 aromatic rings. The number of rotatable bonds is 1. The van der Waals surface area contributed by atoms with Gasteiger partial charge in [-0.25, -0.2) is 18.6 Å². The fourth-order valence-corrected chi connectivity index (χ4v) is 0.628. The van der Waals surface area contributed by atoms with Crippen molar-refractivity contribution < 1.29 is 33.4 Å². The van der Waals surface area contributed by atoms with Crippen LogP contribution in [-0.2, 0) is 0 Å². The molecule has 1 heterocycles. The number of hydrogen-bond donors (Lipinski definition) is 0. The Hall–Kier alpha value is -1.49. The molecule has 0 aliphatic heterocycles. The van der Waals surface area contributed by atoms with Crippen LogP contribution in [0.25, 0.3) is 10.7 Å². The summed E-state index contributed by atoms with van der Waals surface area (Å²) >= 11 is 0. The Labute approximate surface area is 88.5 Å². The zero-order valence-electron chi connectivity index (χ0n) is 7.50. The van der Waals surface area contributed by atoms with Gasteiger partial charge in [0.05, 0.1) is 0 Å². The predicted molar refractivity (Wildman–Crippen MR) is 38.6 cm³/mol. The van der Waals surface area contributed by atoms with Crippen molar-refractivity contribution in [2.45, 2.75) is 0 Å². The highest BCUT2D eigenvalue weighted by atomic mass is 35.7. The van der Waals surface area contributed by atoms with Crippen molar-refractivity contribution in [2.24, 2.45) is 0 Å². The largest absolute Gasteiger partial charge is 0.417 e. The van der Waals surface area contributed by atoms with Gasteiger partial charge in [-0.2, -0.15) is 9.41 Å². The molecule has 0 spiro atoms. The first-order valence-electron chi connectivity index (χ1n) is 3.49. The maximum absolute atomic E-state index is 8.49. The highest BCUT2D eigenvalue weighted by molar-refractivity contribution is 5.35. The molecule has 0 N–H and O–H groups in total. The van der Waals surface area contributed by atoms with E-state index < -0.39 is 10.2 Å². The molecule has 0 bridgehead atoms. The molecular formula is C8H7ClN2O4. The van der Waals surface area contributed by atoms with Gasteiger partial charge in [-0.05, 0) is 6.58 Å². The summed E-state index contributed by atoms with van der Waals surface area (Å²) in [6.07, 6.45) is 3.58. The van der Waals surface area contributed by atoms with E-state index in [-0.39, 0.29) is 0 Å². The van der Waals surface area contributed by atoms with E-state index in [1.807, 2.05) is 18.2 Å². The first-order valence-corrected chi connectivity index (χ1v) is 4.73. The molecule has 6 nitrogen and oxygen atoms in total. The quantitative estimate of drug-likeness (QED) is 0.370. The summed E-state index contributed by atoms with van der Waals surface area (Å²) in [6, 6.07) is 5.61. The van der Waals surface area contributed by atoms with E-state index in [2.05, 4.69) is 11.4 Å². The Morgan fingerprint density at radius 1 is 1.13 bits per heavy atom. The first kappa shape index (κ1) is 13.5. The van der Waals surface area contributed by atoms with Gasteiger partial charge in [0.15, 0.2) is 12.4 Å². The predicted octanol–water partition coefficient (Wildman–Crippen LogP) is -3.43. The zero-order valence-corrected chi connectivity index (χ0v) is 8.26. The fraction of sp³-hybridized carbons (Fsp3) is 0. The van der Waals surface area contributed by atoms with E-state index in [0.717, 1.165) is 0 Å². The van der Waals surface area contributed by atoms with E-state index in [1.54, 1.807) is 17.0 Å². The van der Waals surface area contributed by atoms with Gasteiger partial charge in [-0.1, -0.05) is 6.07 Å². The van der Waals surface area contributed by atoms with Crippen molar-refractivity contribution >= 4 is 5.82 Å². The van der Waals surface area contributed by atoms with Crippen LogP contribution in [0.3, 0.4) is 0 Å². The summed E-state index contributed by atoms with van der Waals surface area (Å²) in [5.41, 5.74) is 0. The second kappa shape index (κ2) is 6.08. The third kappa shape index (κ3) is 8.83. The Balaban J connectivity index is 0.000000336. The van der Waals surface area contributed by atoms with E-state index in [0.29, 0.717) is 5.82 Å². The molecule has 1 rings (SSSR count). The third-order valence-corrected chi connectivity index (χ3v) is 1.14. The van der Waals surface area contributed by atoms with Crippen molar-refractivity contribution in [3.8, 4) is 0 Å². The summed E-state index contributed by atoms with van der Waals surface area (Å²) in [4.78, 5) is 3.18. The van der Waals surface area contributed by atoms with Gasteiger partial charge in [0.25, 0.3) is 0 Å². The summed E-state index contributed by atoms with van der Waals surface area (Å²) in [7, 11) is -4.94. The standard InChI is InChI=1S/C8H7N2.ClHO4/c1-8(9-2)10-6-4-3-5-7-10;2-1(3,4)5/h3-7H,1H2;(H,2,3,4,5)/q+1;/p-1. The maximum Gasteiger partial charge on any atom is 0.417 e. The van der Waals surface area contributed by atoms with Crippen LogP contribution in [0.1, 0.15) is 0 Å². The number of hydrogen-bond acceptors (Lipinski definition) is 4. The lowest BCUT2D eigenvalue weighted by Gasteiger charge is -2.17. The van der Waals surface area contributed by atoms with Gasteiger partial charge in [0.2, 0.25) is 0 Å². The van der Waals surface area contributed by atoms with Gasteiger partial charge in [-0.3, -0.25) is 0 Å². The topological polar surface area (TPSA) is 100 Å². The lowest BCUT2D eigenvalue weighted by molar-refractivity contribution is -2.00. The lowest BCUT2D eigenvalue weighted by atomic mass is 10.5. The Morgan fingerprint density at radius 3 is 1.87 bits per heavy atom. The van der Waals surface area contributed by atoms with E-state index >= 15 is 0 Å². The highest BCUT2D eigenvalue weighted by Crippen LogP contribution is 1.88. The van der Waals surface area contributed by atoms with Crippen molar-refractivity contribution in [3.05, 3.63) is 48.6 Å². The minimum atomic E-state index is -4.94. The second-order valence-corrected chi connectivity index (χ2v) is 2.94. The summed E-state index contributed by atoms with van der Waals surface area (Å²) in [5.74, 6) is 0.417. The average molecular weight is 231 g/mol. The van der Waals surface area contributed by atoms with Crippen LogP contribution in [0.2, 0.25) is 0 Å². The van der Waals surface area contributed by atoms with Crippen molar-refractivity contribution in [1.82, 2.24) is 0 Å². The second-order valence-electron chi connectivity index (χ2n) is 2.19. The van der Waals surface area contributed by atoms with Crippen LogP contribution in [0.4, 0.5) is 0 Å². The first-order chi connectivity index (χ1) is 6.84. The molecule has 0 aliphatic carbocycles. The molecule has 15 heavy (non-hydrogen) atoms. The molecule has 0 aliphatic rings. The molecule has 0 amide bonds. The van der Waals surface area contributed by atoms with Crippen LogP contribution < -0.4 is 23.2 Å². The Kier molecular flexibility index (Phi) is 5.48. The minimum absolute atomic E-state index is 0.417. The summed E-state index contributed by atoms with van der Waals surface area (Å²) in [6.45, 7) is 10.2. The normalized spacial score (nSPS) is 9.53. The lowest BCUT2D eigenvalue weighted by Crippen LogP contribution is -2.68. The average Bonchev–Trinajstić information content (AvgIpc) is 2.15. The molecular weight excluding hydrogens is 224 g/mol. The van der Waals surface area contributed by atoms with Gasteiger partial charge < -0.3 is 0 Å². The van der Waals surface area contributed by atoms with E-state index in [1.165, 1.54) is 0 Å². The van der Waals surface area contributed by atoms with Crippen LogP contribution >= 0.6 is 0 Å². The maximum atomic E-state index is 8.49. The van der Waals surface area contributed by atoms with Crippen LogP contribution in [0, 0.1) is 16.8 Å². The molecule has 0 aromatic carbocycles. The Bertz CT molecular complexity index is 349. The van der Waals surface area contributed by atoms with Crippen LogP contribution in [0.15, 0.2) is 37.2 Å². The summed E-state index contributed by atoms with van der Waals surface area (Å²) < 4.78 is 35.6. The van der Waals surface area contributed by atoms with Gasteiger partial charge >= 0.3 is 5.82 Å². The van der Waals surface area contributed by atoms with E-state index in [4.69, 9.17) is 25.2 Å². The van der Waals surface area contributed by atoms with Crippen molar-refractivity contribution in [3.63, 3.8) is 0 Å². The third-order valence-electron chi connectivity index (χ3n) is 1.14. The molecule has 0 saturated heterocycles. The van der Waals surface area contributed by atoms with E-state index in [9.17, 15) is 0 Å². The smallest absolute Gasteiger partial charge is 0.222 e. The number of halogens is 1. The number of pyridine rings is 1. The molecule has 80 valence electrons. The molecule has 7 heteroatoms. The number of aromatic nitrogens is 1. The highest BCUT2D eigenvalue weighted by Gasteiger charge is 2.01. The van der Waals surface area contributed by atoms with Gasteiger partial charge in [0.1, 0.15) is 6.57 Å². The zero-order chi connectivity index (χ0) is 11.9. The molecule has 0 fully saturated rings. The van der Waals surface area contributed by atoms with Crippen molar-refractivity contribution in [2.75, 3.05) is 0 Å². The summed E-state index contributed by atoms with van der Waals surface area (Å²) in [5, 5.41) is 0. The number of nitrogens with zero attached hydrogens (tertiary/aromatic N) is 2. The van der Waals surface area contributed by atoms with Crippen LogP contribution in [0.5, 0.6) is 0 Å². The fourth-order valence-electron chi connectivity index (χ4n) is 0.628. The Morgan fingerprint density at radius 2 is 1.53 bits per heavy atom. The molecule has 0 atom stereocenters. The molecule has 0 radical (unpaired) electrons. The molecule has 1 aromatic heterocycles. The van der Waals surface area contributed by atoms with Crippen molar-refractivity contribution in [1.29, 1.82) is 0 Å². The molecule has 0 saturated carbocycles. The van der Waals surface area contributed by atoms with Gasteiger partial charge in [0, 0.05) is 12.1 Å². The van der Waals surface area contributed by atoms with Gasteiger partial charge in [-0.15, -0.1) is 10.2 Å². The SMILES string of the molecule is [C-]#[N+]C(=C)[n+]1ccccc1.[O-][Cl+3]([O-])([O-])[O-]. The molecule has 0 unspecified atom stereocenters. The van der Waals surface area contributed by atoms with Crippen LogP contribution in [-0.4, -0.2) is 0 Å². The monoisotopic (exact) mass is 230 g/mol.